The number of methoxy groups -OCH3 is 1. The van der Waals surface area contributed by atoms with Gasteiger partial charge in [0.25, 0.3) is 11.8 Å². The van der Waals surface area contributed by atoms with Gasteiger partial charge in [-0.05, 0) is 84.6 Å². The zero-order chi connectivity index (χ0) is 29.5. The number of carbonyl (C=O) groups excluding carboxylic acids is 2. The van der Waals surface area contributed by atoms with Gasteiger partial charge in [0, 0.05) is 30.0 Å². The fourth-order valence-electron chi connectivity index (χ4n) is 4.68. The number of sulfonamides is 1. The van der Waals surface area contributed by atoms with E-state index in [1.807, 2.05) is 36.4 Å². The molecule has 216 valence electrons. The molecule has 4 aromatic rings. The van der Waals surface area contributed by atoms with Crippen LogP contribution in [0.15, 0.2) is 102 Å². The van der Waals surface area contributed by atoms with E-state index >= 15 is 0 Å². The van der Waals surface area contributed by atoms with Crippen LogP contribution in [0.3, 0.4) is 0 Å². The highest BCUT2D eigenvalue weighted by atomic mass is 32.2. The van der Waals surface area contributed by atoms with Gasteiger partial charge in [0.1, 0.15) is 11.5 Å². The van der Waals surface area contributed by atoms with Crippen molar-refractivity contribution >= 4 is 33.2 Å². The summed E-state index contributed by atoms with van der Waals surface area (Å²) >= 11 is 0. The number of nitrogens with zero attached hydrogens (tertiary/aromatic N) is 1. The Labute approximate surface area is 245 Å². The van der Waals surface area contributed by atoms with Gasteiger partial charge in [-0.25, -0.2) is 13.1 Å². The van der Waals surface area contributed by atoms with E-state index in [1.54, 1.807) is 48.4 Å². The number of hydrogen-bond acceptors (Lipinski definition) is 6. The lowest BCUT2D eigenvalue weighted by Crippen LogP contribution is -2.29. The van der Waals surface area contributed by atoms with Gasteiger partial charge < -0.3 is 19.7 Å². The average Bonchev–Trinajstić information content (AvgIpc) is 3.44. The highest BCUT2D eigenvalue weighted by Crippen LogP contribution is 2.32. The molecule has 0 bridgehead atoms. The van der Waals surface area contributed by atoms with E-state index in [-0.39, 0.29) is 29.9 Å². The molecule has 2 amide bonds. The van der Waals surface area contributed by atoms with E-state index in [9.17, 15) is 18.0 Å². The minimum absolute atomic E-state index is 0.110. The molecule has 0 aliphatic carbocycles. The van der Waals surface area contributed by atoms with Gasteiger partial charge >= 0.3 is 0 Å². The number of amides is 2. The molecular weight excluding hydrogens is 554 g/mol. The monoisotopic (exact) mass is 585 g/mol. The molecule has 10 heteroatoms. The minimum Gasteiger partial charge on any atom is -0.497 e. The standard InChI is InChI=1S/C32H31N3O6S/c1-40-27-11-8-25(9-12-27)32(37)35-20-18-24-7-10-26(21-30(24)35)34-31(36)22-41-28-13-15-29(16-14-28)42(38,39)33-19-17-23-5-3-2-4-6-23/h2-16,21,33H,17-20,22H2,1H3,(H,34,36). The highest BCUT2D eigenvalue weighted by Gasteiger charge is 2.26. The lowest BCUT2D eigenvalue weighted by molar-refractivity contribution is -0.118. The summed E-state index contributed by atoms with van der Waals surface area (Å²) < 4.78 is 38.6. The van der Waals surface area contributed by atoms with Crippen molar-refractivity contribution in [3.8, 4) is 11.5 Å². The molecule has 0 radical (unpaired) electrons. The van der Waals surface area contributed by atoms with E-state index in [0.717, 1.165) is 23.2 Å². The molecule has 0 aromatic heterocycles. The number of fused-ring (bicyclic) bond motifs is 1. The Kier molecular flexibility index (Phi) is 8.85. The average molecular weight is 586 g/mol. The number of anilines is 2. The first kappa shape index (κ1) is 28.8. The summed E-state index contributed by atoms with van der Waals surface area (Å²) in [7, 11) is -2.10. The zero-order valence-electron chi connectivity index (χ0n) is 23.1. The molecule has 1 aliphatic heterocycles. The minimum atomic E-state index is -3.67. The molecule has 0 unspecified atom stereocenters. The van der Waals surface area contributed by atoms with Crippen LogP contribution in [-0.4, -0.2) is 47.0 Å². The summed E-state index contributed by atoms with van der Waals surface area (Å²) in [6.45, 7) is 0.558. The topological polar surface area (TPSA) is 114 Å². The van der Waals surface area contributed by atoms with Crippen LogP contribution >= 0.6 is 0 Å². The Hall–Kier alpha value is -4.67. The first-order valence-corrected chi connectivity index (χ1v) is 15.0. The zero-order valence-corrected chi connectivity index (χ0v) is 23.9. The molecule has 1 aliphatic rings. The number of benzene rings is 4. The van der Waals surface area contributed by atoms with Crippen LogP contribution in [0.5, 0.6) is 11.5 Å². The molecule has 0 saturated carbocycles. The van der Waals surface area contributed by atoms with Gasteiger partial charge in [-0.1, -0.05) is 36.4 Å². The Morgan fingerprint density at radius 2 is 1.60 bits per heavy atom. The summed E-state index contributed by atoms with van der Waals surface area (Å²) in [5.74, 6) is 0.520. The predicted octanol–water partition coefficient (Wildman–Crippen LogP) is 4.44. The van der Waals surface area contributed by atoms with E-state index < -0.39 is 10.0 Å². The van der Waals surface area contributed by atoms with Gasteiger partial charge in [0.05, 0.1) is 12.0 Å². The molecule has 5 rings (SSSR count). The van der Waals surface area contributed by atoms with Crippen LogP contribution < -0.4 is 24.4 Å². The van der Waals surface area contributed by atoms with Crippen molar-refractivity contribution in [3.63, 3.8) is 0 Å². The Morgan fingerprint density at radius 1 is 0.881 bits per heavy atom. The number of nitrogens with one attached hydrogen (secondary N) is 2. The second kappa shape index (κ2) is 12.9. The third kappa shape index (κ3) is 6.96. The maximum absolute atomic E-state index is 13.1. The predicted molar refractivity (Wildman–Crippen MR) is 161 cm³/mol. The molecular formula is C32H31N3O6S. The van der Waals surface area contributed by atoms with E-state index in [2.05, 4.69) is 10.0 Å². The second-order valence-corrected chi connectivity index (χ2v) is 11.5. The smallest absolute Gasteiger partial charge is 0.262 e. The van der Waals surface area contributed by atoms with Crippen molar-refractivity contribution in [1.29, 1.82) is 0 Å². The van der Waals surface area contributed by atoms with Crippen LogP contribution in [0.2, 0.25) is 0 Å². The van der Waals surface area contributed by atoms with Crippen molar-refractivity contribution in [2.45, 2.75) is 17.7 Å². The molecule has 42 heavy (non-hydrogen) atoms. The molecule has 0 spiro atoms. The fourth-order valence-corrected chi connectivity index (χ4v) is 5.71. The van der Waals surface area contributed by atoms with Gasteiger partial charge in [-0.2, -0.15) is 0 Å². The first-order valence-electron chi connectivity index (χ1n) is 13.5. The van der Waals surface area contributed by atoms with Gasteiger partial charge in [0.2, 0.25) is 10.0 Å². The Morgan fingerprint density at radius 3 is 2.31 bits per heavy atom. The maximum Gasteiger partial charge on any atom is 0.262 e. The molecule has 4 aromatic carbocycles. The first-order chi connectivity index (χ1) is 20.3. The van der Waals surface area contributed by atoms with Crippen LogP contribution in [-0.2, 0) is 27.7 Å². The van der Waals surface area contributed by atoms with E-state index in [1.165, 1.54) is 24.3 Å². The summed E-state index contributed by atoms with van der Waals surface area (Å²) in [6, 6.07) is 28.0. The molecule has 2 N–H and O–H groups in total. The molecule has 0 saturated heterocycles. The lowest BCUT2D eigenvalue weighted by atomic mass is 10.1. The van der Waals surface area contributed by atoms with Crippen molar-refractivity contribution in [3.05, 3.63) is 114 Å². The van der Waals surface area contributed by atoms with Crippen LogP contribution in [0, 0.1) is 0 Å². The summed E-state index contributed by atoms with van der Waals surface area (Å²) in [6.07, 6.45) is 1.31. The Bertz CT molecular complexity index is 1660. The molecule has 0 fully saturated rings. The molecule has 9 nitrogen and oxygen atoms in total. The van der Waals surface area contributed by atoms with Crippen LogP contribution in [0.25, 0.3) is 0 Å². The summed E-state index contributed by atoms with van der Waals surface area (Å²) in [5, 5.41) is 2.80. The molecule has 1 heterocycles. The van der Waals surface area contributed by atoms with Crippen LogP contribution in [0.1, 0.15) is 21.5 Å². The lowest BCUT2D eigenvalue weighted by Gasteiger charge is -2.18. The van der Waals surface area contributed by atoms with Crippen molar-refractivity contribution < 1.29 is 27.5 Å². The largest absolute Gasteiger partial charge is 0.497 e. The number of rotatable bonds is 11. The fraction of sp³-hybridized carbons (Fsp3) is 0.188. The quantitative estimate of drug-likeness (QED) is 0.269. The number of carbonyl (C=O) groups is 2. The molecule has 0 atom stereocenters. The normalized spacial score (nSPS) is 12.5. The van der Waals surface area contributed by atoms with Gasteiger partial charge in [-0.15, -0.1) is 0 Å². The number of hydrogen-bond donors (Lipinski definition) is 2. The van der Waals surface area contributed by atoms with Crippen molar-refractivity contribution in [2.75, 3.05) is 37.0 Å². The van der Waals surface area contributed by atoms with Crippen LogP contribution in [0.4, 0.5) is 11.4 Å². The summed E-state index contributed by atoms with van der Waals surface area (Å²) in [5.41, 5.74) is 3.91. The second-order valence-electron chi connectivity index (χ2n) is 9.72. The third-order valence-electron chi connectivity index (χ3n) is 6.90. The summed E-state index contributed by atoms with van der Waals surface area (Å²) in [4.78, 5) is 27.6. The Balaban J connectivity index is 1.14. The third-order valence-corrected chi connectivity index (χ3v) is 8.38. The SMILES string of the molecule is COc1ccc(C(=O)N2CCc3ccc(NC(=O)COc4ccc(S(=O)(=O)NCCc5ccccc5)cc4)cc32)cc1. The van der Waals surface area contributed by atoms with Gasteiger partial charge in [-0.3, -0.25) is 9.59 Å². The van der Waals surface area contributed by atoms with Gasteiger partial charge in [0.15, 0.2) is 6.61 Å². The van der Waals surface area contributed by atoms with Crippen molar-refractivity contribution in [2.24, 2.45) is 0 Å². The highest BCUT2D eigenvalue weighted by molar-refractivity contribution is 7.89. The van der Waals surface area contributed by atoms with E-state index in [4.69, 9.17) is 9.47 Å². The number of ether oxygens (including phenoxy) is 2. The maximum atomic E-state index is 13.1. The van der Waals surface area contributed by atoms with Crippen molar-refractivity contribution in [1.82, 2.24) is 4.72 Å². The van der Waals surface area contributed by atoms with E-state index in [0.29, 0.717) is 35.7 Å².